The number of hydrogen-bond donors (Lipinski definition) is 4. The van der Waals surface area contributed by atoms with Gasteiger partial charge in [0.1, 0.15) is 5.75 Å². The van der Waals surface area contributed by atoms with Crippen molar-refractivity contribution in [2.75, 3.05) is 16.4 Å². The number of hydrogen-bond acceptors (Lipinski definition) is 4. The number of phenolic OH excluding ortho intramolecular Hbond substituents is 1. The minimum Gasteiger partial charge on any atom is -0.506 e. The van der Waals surface area contributed by atoms with Crippen LogP contribution in [0.1, 0.15) is 5.56 Å². The number of carbonyl (C=O) groups excluding carboxylic acids is 2. The van der Waals surface area contributed by atoms with Crippen LogP contribution in [0.2, 0.25) is 0 Å². The third-order valence-electron chi connectivity index (χ3n) is 2.81. The van der Waals surface area contributed by atoms with E-state index in [-0.39, 0.29) is 11.4 Å². The number of nitrogens with two attached hydrogens (primary N) is 1. The van der Waals surface area contributed by atoms with Gasteiger partial charge in [-0.05, 0) is 36.8 Å². The summed E-state index contributed by atoms with van der Waals surface area (Å²) >= 11 is 0. The minimum absolute atomic E-state index is 0.117. The van der Waals surface area contributed by atoms with Crippen molar-refractivity contribution < 1.29 is 14.7 Å². The highest BCUT2D eigenvalue weighted by Crippen LogP contribution is 2.22. The monoisotopic (exact) mass is 285 g/mol. The zero-order chi connectivity index (χ0) is 15.4. The Labute approximate surface area is 121 Å². The molecular weight excluding hydrogens is 270 g/mol. The number of nitrogens with one attached hydrogen (secondary N) is 2. The number of phenols is 1. The SMILES string of the molecule is Cc1ccc(NC(=O)C(=O)Nc2ccccc2O)c(N)c1. The lowest BCUT2D eigenvalue weighted by Crippen LogP contribution is -2.29. The summed E-state index contributed by atoms with van der Waals surface area (Å²) in [5, 5.41) is 14.3. The first-order valence-corrected chi connectivity index (χ1v) is 6.24. The van der Waals surface area contributed by atoms with E-state index in [1.807, 2.05) is 6.92 Å². The van der Waals surface area contributed by atoms with E-state index in [9.17, 15) is 14.7 Å². The smallest absolute Gasteiger partial charge is 0.314 e. The maximum Gasteiger partial charge on any atom is 0.314 e. The molecule has 2 aromatic rings. The summed E-state index contributed by atoms with van der Waals surface area (Å²) in [5.41, 5.74) is 7.60. The molecule has 6 heteroatoms. The van der Waals surface area contributed by atoms with Crippen molar-refractivity contribution in [3.8, 4) is 5.75 Å². The molecular formula is C15H15N3O3. The van der Waals surface area contributed by atoms with Crippen LogP contribution in [-0.2, 0) is 9.59 Å². The molecule has 0 saturated heterocycles. The van der Waals surface area contributed by atoms with E-state index in [0.717, 1.165) is 5.56 Å². The molecule has 21 heavy (non-hydrogen) atoms. The first-order valence-electron chi connectivity index (χ1n) is 6.24. The number of carbonyl (C=O) groups is 2. The van der Waals surface area contributed by atoms with Crippen LogP contribution in [0.5, 0.6) is 5.75 Å². The largest absolute Gasteiger partial charge is 0.506 e. The van der Waals surface area contributed by atoms with Crippen molar-refractivity contribution in [3.63, 3.8) is 0 Å². The van der Waals surface area contributed by atoms with Crippen LogP contribution in [0.15, 0.2) is 42.5 Å². The fraction of sp³-hybridized carbons (Fsp3) is 0.0667. The van der Waals surface area contributed by atoms with Crippen molar-refractivity contribution >= 4 is 28.9 Å². The van der Waals surface area contributed by atoms with Gasteiger partial charge in [-0.2, -0.15) is 0 Å². The summed E-state index contributed by atoms with van der Waals surface area (Å²) < 4.78 is 0. The van der Waals surface area contributed by atoms with Crippen LogP contribution in [0.3, 0.4) is 0 Å². The van der Waals surface area contributed by atoms with Crippen molar-refractivity contribution in [3.05, 3.63) is 48.0 Å². The number of aromatic hydroxyl groups is 1. The van der Waals surface area contributed by atoms with Gasteiger partial charge in [0.25, 0.3) is 0 Å². The zero-order valence-electron chi connectivity index (χ0n) is 11.4. The van der Waals surface area contributed by atoms with E-state index in [0.29, 0.717) is 11.4 Å². The maximum atomic E-state index is 11.8. The summed E-state index contributed by atoms with van der Waals surface area (Å²) in [6.07, 6.45) is 0. The van der Waals surface area contributed by atoms with Crippen molar-refractivity contribution in [1.82, 2.24) is 0 Å². The molecule has 0 fully saturated rings. The second-order valence-corrected chi connectivity index (χ2v) is 4.52. The molecule has 5 N–H and O–H groups in total. The lowest BCUT2D eigenvalue weighted by Gasteiger charge is -2.09. The minimum atomic E-state index is -0.892. The normalized spacial score (nSPS) is 9.95. The number of aryl methyl sites for hydroxylation is 1. The molecule has 2 rings (SSSR count). The van der Waals surface area contributed by atoms with E-state index in [2.05, 4.69) is 10.6 Å². The summed E-state index contributed by atoms with van der Waals surface area (Å²) in [5.74, 6) is -1.88. The third kappa shape index (κ3) is 3.50. The van der Waals surface area contributed by atoms with Gasteiger partial charge in [-0.25, -0.2) is 0 Å². The number of amides is 2. The molecule has 2 amide bonds. The van der Waals surface area contributed by atoms with Gasteiger partial charge in [0.2, 0.25) is 0 Å². The summed E-state index contributed by atoms with van der Waals surface area (Å²) in [7, 11) is 0. The van der Waals surface area contributed by atoms with E-state index in [1.165, 1.54) is 12.1 Å². The Morgan fingerprint density at radius 1 is 1.00 bits per heavy atom. The van der Waals surface area contributed by atoms with E-state index in [1.54, 1.807) is 30.3 Å². The Kier molecular flexibility index (Phi) is 4.08. The van der Waals surface area contributed by atoms with Gasteiger partial charge in [-0.1, -0.05) is 18.2 Å². The third-order valence-corrected chi connectivity index (χ3v) is 2.81. The van der Waals surface area contributed by atoms with E-state index in [4.69, 9.17) is 5.73 Å². The molecule has 0 aliphatic rings. The highest BCUT2D eigenvalue weighted by Gasteiger charge is 2.16. The Morgan fingerprint density at radius 3 is 2.24 bits per heavy atom. The first-order chi connectivity index (χ1) is 9.97. The van der Waals surface area contributed by atoms with Crippen LogP contribution >= 0.6 is 0 Å². The second kappa shape index (κ2) is 5.96. The molecule has 0 heterocycles. The van der Waals surface area contributed by atoms with Gasteiger partial charge in [-0.3, -0.25) is 9.59 Å². The van der Waals surface area contributed by atoms with Crippen molar-refractivity contribution in [1.29, 1.82) is 0 Å². The summed E-state index contributed by atoms with van der Waals surface area (Å²) in [4.78, 5) is 23.6. The quantitative estimate of drug-likeness (QED) is 0.384. The van der Waals surface area contributed by atoms with Crippen LogP contribution < -0.4 is 16.4 Å². The van der Waals surface area contributed by atoms with Gasteiger partial charge >= 0.3 is 11.8 Å². The highest BCUT2D eigenvalue weighted by atomic mass is 16.3. The van der Waals surface area contributed by atoms with Gasteiger partial charge in [-0.15, -0.1) is 0 Å². The predicted octanol–water partition coefficient (Wildman–Crippen LogP) is 1.86. The molecule has 108 valence electrons. The molecule has 0 bridgehead atoms. The summed E-state index contributed by atoms with van der Waals surface area (Å²) in [6.45, 7) is 1.87. The van der Waals surface area contributed by atoms with E-state index >= 15 is 0 Å². The maximum absolute atomic E-state index is 11.8. The Morgan fingerprint density at radius 2 is 1.62 bits per heavy atom. The summed E-state index contributed by atoms with van der Waals surface area (Å²) in [6, 6.07) is 11.2. The zero-order valence-corrected chi connectivity index (χ0v) is 11.4. The first kappa shape index (κ1) is 14.4. The Hall–Kier alpha value is -3.02. The van der Waals surface area contributed by atoms with Gasteiger partial charge in [0.15, 0.2) is 0 Å². The van der Waals surface area contributed by atoms with Crippen molar-refractivity contribution in [2.24, 2.45) is 0 Å². The van der Waals surface area contributed by atoms with E-state index < -0.39 is 11.8 Å². The number of para-hydroxylation sites is 2. The second-order valence-electron chi connectivity index (χ2n) is 4.52. The number of rotatable bonds is 2. The lowest BCUT2D eigenvalue weighted by atomic mass is 10.2. The molecule has 0 radical (unpaired) electrons. The molecule has 0 aliphatic carbocycles. The molecule has 0 atom stereocenters. The highest BCUT2D eigenvalue weighted by molar-refractivity contribution is 6.44. The number of benzene rings is 2. The van der Waals surface area contributed by atoms with Gasteiger partial charge < -0.3 is 21.5 Å². The fourth-order valence-electron chi connectivity index (χ4n) is 1.73. The average molecular weight is 285 g/mol. The Bertz CT molecular complexity index is 698. The standard InChI is InChI=1S/C15H15N3O3/c1-9-6-7-11(10(16)8-9)17-14(20)15(21)18-12-4-2-3-5-13(12)19/h2-8,19H,16H2,1H3,(H,17,20)(H,18,21). The molecule has 2 aromatic carbocycles. The van der Waals surface area contributed by atoms with Gasteiger partial charge in [0.05, 0.1) is 17.1 Å². The Balaban J connectivity index is 2.06. The molecule has 0 unspecified atom stereocenters. The van der Waals surface area contributed by atoms with Crippen LogP contribution in [0, 0.1) is 6.92 Å². The molecule has 0 spiro atoms. The van der Waals surface area contributed by atoms with Crippen LogP contribution in [0.25, 0.3) is 0 Å². The molecule has 0 saturated carbocycles. The average Bonchev–Trinajstić information content (AvgIpc) is 2.44. The molecule has 0 aromatic heterocycles. The number of anilines is 3. The van der Waals surface area contributed by atoms with Crippen LogP contribution in [-0.4, -0.2) is 16.9 Å². The molecule has 6 nitrogen and oxygen atoms in total. The predicted molar refractivity (Wildman–Crippen MR) is 81.0 cm³/mol. The molecule has 0 aliphatic heterocycles. The lowest BCUT2D eigenvalue weighted by molar-refractivity contribution is -0.133. The van der Waals surface area contributed by atoms with Gasteiger partial charge in [0, 0.05) is 0 Å². The van der Waals surface area contributed by atoms with Crippen LogP contribution in [0.4, 0.5) is 17.1 Å². The van der Waals surface area contributed by atoms with Crippen molar-refractivity contribution in [2.45, 2.75) is 6.92 Å². The number of nitrogen functional groups attached to an aromatic ring is 1. The fourth-order valence-corrected chi connectivity index (χ4v) is 1.73. The topological polar surface area (TPSA) is 104 Å².